The van der Waals surface area contributed by atoms with E-state index in [1.165, 1.54) is 17.0 Å². The largest absolute Gasteiger partial charge is 0.207 e. The van der Waals surface area contributed by atoms with Crippen molar-refractivity contribution in [2.24, 2.45) is 0 Å². The van der Waals surface area contributed by atoms with Gasteiger partial charge in [0.1, 0.15) is 5.82 Å². The molecule has 0 saturated heterocycles. The Morgan fingerprint density at radius 1 is 1.00 bits per heavy atom. The number of hydrogen-bond donors (Lipinski definition) is 0. The van der Waals surface area contributed by atoms with E-state index in [0.717, 1.165) is 31.9 Å². The van der Waals surface area contributed by atoms with Gasteiger partial charge in [0.05, 0.1) is 0 Å². The van der Waals surface area contributed by atoms with Gasteiger partial charge in [-0.2, -0.15) is 0 Å². The zero-order valence-electron chi connectivity index (χ0n) is 10.9. The molecule has 0 radical (unpaired) electrons. The number of hydrogen-bond acceptors (Lipinski definition) is 1. The zero-order chi connectivity index (χ0) is 14.8. The van der Waals surface area contributed by atoms with Crippen LogP contribution in [0.4, 0.5) is 4.39 Å². The lowest BCUT2D eigenvalue weighted by Gasteiger charge is -2.03. The van der Waals surface area contributed by atoms with E-state index in [2.05, 4.69) is 28.1 Å². The lowest BCUT2D eigenvalue weighted by molar-refractivity contribution is 0.628. The van der Waals surface area contributed by atoms with Gasteiger partial charge in [-0.05, 0) is 53.6 Å². The van der Waals surface area contributed by atoms with Gasteiger partial charge in [0.2, 0.25) is 0 Å². The molecule has 0 atom stereocenters. The fourth-order valence-electron chi connectivity index (χ4n) is 2.11. The summed E-state index contributed by atoms with van der Waals surface area (Å²) >= 11 is 11.4. The van der Waals surface area contributed by atoms with E-state index in [4.69, 9.17) is 11.6 Å². The molecule has 3 rings (SSSR count). The van der Waals surface area contributed by atoms with E-state index in [1.54, 1.807) is 23.5 Å². The summed E-state index contributed by atoms with van der Waals surface area (Å²) in [6, 6.07) is 16.6. The first-order valence-corrected chi connectivity index (χ1v) is 8.39. The molecule has 0 aliphatic heterocycles. The standard InChI is InChI=1S/C17H11BrClFS/c18-13-3-7-16(19)12(9-13)10-15-6-8-17(21-15)11-1-4-14(20)5-2-11/h1-9H,10H2. The Labute approximate surface area is 140 Å². The Balaban J connectivity index is 1.85. The maximum Gasteiger partial charge on any atom is 0.123 e. The summed E-state index contributed by atoms with van der Waals surface area (Å²) in [7, 11) is 0. The van der Waals surface area contributed by atoms with Crippen molar-refractivity contribution >= 4 is 38.9 Å². The summed E-state index contributed by atoms with van der Waals surface area (Å²) in [5.41, 5.74) is 2.13. The van der Waals surface area contributed by atoms with Crippen molar-refractivity contribution in [1.82, 2.24) is 0 Å². The molecule has 0 unspecified atom stereocenters. The van der Waals surface area contributed by atoms with Crippen molar-refractivity contribution in [3.8, 4) is 10.4 Å². The first kappa shape index (κ1) is 14.8. The van der Waals surface area contributed by atoms with Crippen molar-refractivity contribution < 1.29 is 4.39 Å². The molecule has 0 nitrogen and oxygen atoms in total. The second-order valence-electron chi connectivity index (χ2n) is 4.69. The zero-order valence-corrected chi connectivity index (χ0v) is 14.1. The minimum absolute atomic E-state index is 0.212. The van der Waals surface area contributed by atoms with Gasteiger partial charge in [0, 0.05) is 25.7 Å². The van der Waals surface area contributed by atoms with E-state index < -0.39 is 0 Å². The van der Waals surface area contributed by atoms with Crippen molar-refractivity contribution in [3.05, 3.63) is 80.4 Å². The topological polar surface area (TPSA) is 0 Å². The second-order valence-corrected chi connectivity index (χ2v) is 7.18. The minimum atomic E-state index is -0.212. The molecule has 2 aromatic carbocycles. The minimum Gasteiger partial charge on any atom is -0.207 e. The lowest BCUT2D eigenvalue weighted by Crippen LogP contribution is -1.86. The first-order valence-electron chi connectivity index (χ1n) is 6.40. The van der Waals surface area contributed by atoms with Gasteiger partial charge in [-0.25, -0.2) is 4.39 Å². The van der Waals surface area contributed by atoms with E-state index in [-0.39, 0.29) is 5.82 Å². The average Bonchev–Trinajstić information content (AvgIpc) is 2.92. The molecule has 1 heterocycles. The highest BCUT2D eigenvalue weighted by Crippen LogP contribution is 2.31. The average molecular weight is 382 g/mol. The molecule has 0 bridgehead atoms. The molecule has 1 aromatic heterocycles. The van der Waals surface area contributed by atoms with Gasteiger partial charge in [0.25, 0.3) is 0 Å². The summed E-state index contributed by atoms with van der Waals surface area (Å²) < 4.78 is 14.0. The molecule has 0 amide bonds. The van der Waals surface area contributed by atoms with Gasteiger partial charge in [-0.3, -0.25) is 0 Å². The van der Waals surface area contributed by atoms with Gasteiger partial charge in [0.15, 0.2) is 0 Å². The van der Waals surface area contributed by atoms with E-state index >= 15 is 0 Å². The van der Waals surface area contributed by atoms with Crippen LogP contribution in [-0.2, 0) is 6.42 Å². The van der Waals surface area contributed by atoms with Crippen LogP contribution in [0.15, 0.2) is 59.1 Å². The summed E-state index contributed by atoms with van der Waals surface area (Å²) in [4.78, 5) is 2.37. The molecule has 0 fully saturated rings. The maximum atomic E-state index is 13.0. The monoisotopic (exact) mass is 380 g/mol. The van der Waals surface area contributed by atoms with Gasteiger partial charge < -0.3 is 0 Å². The van der Waals surface area contributed by atoms with Crippen molar-refractivity contribution in [2.75, 3.05) is 0 Å². The number of rotatable bonds is 3. The molecule has 106 valence electrons. The maximum absolute atomic E-state index is 13.0. The smallest absolute Gasteiger partial charge is 0.123 e. The summed E-state index contributed by atoms with van der Waals surface area (Å²) in [6.45, 7) is 0. The second kappa shape index (κ2) is 6.30. The number of thiophene rings is 1. The van der Waals surface area contributed by atoms with E-state index in [1.807, 2.05) is 18.2 Å². The van der Waals surface area contributed by atoms with Gasteiger partial charge in [-0.15, -0.1) is 11.3 Å². The van der Waals surface area contributed by atoms with Crippen LogP contribution in [0.5, 0.6) is 0 Å². The molecule has 4 heteroatoms. The first-order chi connectivity index (χ1) is 10.1. The Bertz CT molecular complexity index is 765. The third-order valence-corrected chi connectivity index (χ3v) is 5.16. The lowest BCUT2D eigenvalue weighted by atomic mass is 10.1. The Kier molecular flexibility index (Phi) is 4.43. The number of benzene rings is 2. The van der Waals surface area contributed by atoms with Crippen molar-refractivity contribution in [2.45, 2.75) is 6.42 Å². The summed E-state index contributed by atoms with van der Waals surface area (Å²) in [5.74, 6) is -0.212. The SMILES string of the molecule is Fc1ccc(-c2ccc(Cc3cc(Br)ccc3Cl)s2)cc1. The Morgan fingerprint density at radius 3 is 2.52 bits per heavy atom. The molecular weight excluding hydrogens is 371 g/mol. The fraction of sp³-hybridized carbons (Fsp3) is 0.0588. The highest BCUT2D eigenvalue weighted by Gasteiger charge is 2.07. The molecule has 0 aliphatic rings. The highest BCUT2D eigenvalue weighted by molar-refractivity contribution is 9.10. The van der Waals surface area contributed by atoms with Gasteiger partial charge >= 0.3 is 0 Å². The third-order valence-electron chi connectivity index (χ3n) is 3.16. The van der Waals surface area contributed by atoms with Crippen LogP contribution in [0.25, 0.3) is 10.4 Å². The molecule has 0 saturated carbocycles. The molecule has 0 spiro atoms. The molecule has 0 N–H and O–H groups in total. The quantitative estimate of drug-likeness (QED) is 0.482. The van der Waals surface area contributed by atoms with Crippen molar-refractivity contribution in [1.29, 1.82) is 0 Å². The van der Waals surface area contributed by atoms with Crippen LogP contribution < -0.4 is 0 Å². The predicted octanol–water partition coefficient (Wildman–Crippen LogP) is 6.56. The predicted molar refractivity (Wildman–Crippen MR) is 91.7 cm³/mol. The molecule has 21 heavy (non-hydrogen) atoms. The Hall–Kier alpha value is -1.16. The summed E-state index contributed by atoms with van der Waals surface area (Å²) in [6.07, 6.45) is 0.796. The van der Waals surface area contributed by atoms with Crippen LogP contribution in [-0.4, -0.2) is 0 Å². The number of halogens is 3. The molecule has 0 aliphatic carbocycles. The molecule has 3 aromatic rings. The summed E-state index contributed by atoms with van der Waals surface area (Å²) in [5, 5.41) is 0.773. The Morgan fingerprint density at radius 2 is 1.76 bits per heavy atom. The third kappa shape index (κ3) is 3.54. The van der Waals surface area contributed by atoms with Crippen molar-refractivity contribution in [3.63, 3.8) is 0 Å². The van der Waals surface area contributed by atoms with E-state index in [0.29, 0.717) is 0 Å². The van der Waals surface area contributed by atoms with Crippen LogP contribution in [0, 0.1) is 5.82 Å². The van der Waals surface area contributed by atoms with Crippen LogP contribution in [0.2, 0.25) is 5.02 Å². The van der Waals surface area contributed by atoms with Crippen LogP contribution in [0.1, 0.15) is 10.4 Å². The normalized spacial score (nSPS) is 10.8. The van der Waals surface area contributed by atoms with Crippen LogP contribution in [0.3, 0.4) is 0 Å². The van der Waals surface area contributed by atoms with Crippen LogP contribution >= 0.6 is 38.9 Å². The highest BCUT2D eigenvalue weighted by atomic mass is 79.9. The fourth-order valence-corrected chi connectivity index (χ4v) is 3.74. The van der Waals surface area contributed by atoms with E-state index in [9.17, 15) is 4.39 Å². The van der Waals surface area contributed by atoms with Gasteiger partial charge in [-0.1, -0.05) is 39.7 Å². The molecular formula is C17H11BrClFS.